The molecule has 0 atom stereocenters. The summed E-state index contributed by atoms with van der Waals surface area (Å²) in [6.45, 7) is 3.04. The number of nitrogens with zero attached hydrogens (tertiary/aromatic N) is 3. The third-order valence-corrected chi connectivity index (χ3v) is 6.11. The van der Waals surface area contributed by atoms with Crippen LogP contribution in [0, 0.1) is 12.7 Å². The lowest BCUT2D eigenvalue weighted by Gasteiger charge is -2.34. The number of nitrogens with two attached hydrogens (primary N) is 1. The fraction of sp³-hybridized carbons (Fsp3) is 0.318. The highest BCUT2D eigenvalue weighted by molar-refractivity contribution is 5.99. The predicted octanol–water partition coefficient (Wildman–Crippen LogP) is 4.17. The molecule has 1 aliphatic carbocycles. The van der Waals surface area contributed by atoms with E-state index >= 15 is 4.39 Å². The molecule has 2 aliphatic rings. The van der Waals surface area contributed by atoms with Crippen molar-refractivity contribution in [1.29, 1.82) is 0 Å². The molecule has 3 aromatic rings. The van der Waals surface area contributed by atoms with E-state index in [1.54, 1.807) is 18.3 Å². The van der Waals surface area contributed by atoms with Gasteiger partial charge in [-0.3, -0.25) is 4.90 Å². The number of fused-ring (bicyclic) bond motifs is 2. The second-order valence-corrected chi connectivity index (χ2v) is 7.90. The SMILES string of the molecule is Cc1c(-c2cc3cc(N(C(=O)O)C4CCC4)ncc3c(N)c2F)cnc2c1NCCO2. The van der Waals surface area contributed by atoms with Gasteiger partial charge in [0.05, 0.1) is 5.69 Å². The molecule has 0 spiro atoms. The van der Waals surface area contributed by atoms with Gasteiger partial charge in [-0.2, -0.15) is 0 Å². The standard InChI is InChI=1S/C22H22FN5O3/c1-11-15(9-27-21-20(11)25-5-6-31-21)14-7-12-8-17(26-10-16(12)19(24)18(14)23)28(22(29)30)13-3-2-4-13/h7-10,13,25H,2-6,24H2,1H3,(H,29,30). The van der Waals surface area contributed by atoms with Crippen LogP contribution in [0.25, 0.3) is 21.9 Å². The van der Waals surface area contributed by atoms with Crippen molar-refractivity contribution in [3.05, 3.63) is 35.9 Å². The van der Waals surface area contributed by atoms with E-state index < -0.39 is 11.9 Å². The third-order valence-electron chi connectivity index (χ3n) is 6.11. The largest absolute Gasteiger partial charge is 0.474 e. The minimum absolute atomic E-state index is 0.0293. The van der Waals surface area contributed by atoms with E-state index in [-0.39, 0.29) is 11.7 Å². The Balaban J connectivity index is 1.66. The lowest BCUT2D eigenvalue weighted by molar-refractivity contribution is 0.193. The first-order valence-corrected chi connectivity index (χ1v) is 10.2. The van der Waals surface area contributed by atoms with E-state index in [2.05, 4.69) is 15.3 Å². The van der Waals surface area contributed by atoms with Crippen molar-refractivity contribution in [2.45, 2.75) is 32.2 Å². The van der Waals surface area contributed by atoms with E-state index in [1.807, 2.05) is 6.92 Å². The first kappa shape index (κ1) is 19.3. The lowest BCUT2D eigenvalue weighted by Crippen LogP contribution is -2.44. The lowest BCUT2D eigenvalue weighted by atomic mass is 9.91. The number of ether oxygens (including phenoxy) is 1. The molecule has 1 saturated carbocycles. The minimum atomic E-state index is -1.05. The predicted molar refractivity (Wildman–Crippen MR) is 116 cm³/mol. The number of nitrogen functional groups attached to an aromatic ring is 1. The number of rotatable bonds is 3. The monoisotopic (exact) mass is 423 g/mol. The number of anilines is 3. The molecule has 3 heterocycles. The van der Waals surface area contributed by atoms with E-state index in [0.29, 0.717) is 46.7 Å². The summed E-state index contributed by atoms with van der Waals surface area (Å²) in [6, 6.07) is 3.24. The maximum absolute atomic E-state index is 15.3. The zero-order valence-electron chi connectivity index (χ0n) is 17.0. The minimum Gasteiger partial charge on any atom is -0.474 e. The van der Waals surface area contributed by atoms with Gasteiger partial charge in [0.25, 0.3) is 0 Å². The molecule has 31 heavy (non-hydrogen) atoms. The summed E-state index contributed by atoms with van der Waals surface area (Å²) >= 11 is 0. The van der Waals surface area contributed by atoms with E-state index in [9.17, 15) is 9.90 Å². The number of benzene rings is 1. The van der Waals surface area contributed by atoms with Gasteiger partial charge in [-0.1, -0.05) is 0 Å². The molecule has 5 rings (SSSR count). The zero-order chi connectivity index (χ0) is 21.7. The van der Waals surface area contributed by atoms with Gasteiger partial charge >= 0.3 is 6.09 Å². The number of nitrogens with one attached hydrogen (secondary N) is 1. The third kappa shape index (κ3) is 3.08. The highest BCUT2D eigenvalue weighted by Gasteiger charge is 2.31. The second kappa shape index (κ2) is 7.26. The molecule has 1 amide bonds. The first-order valence-electron chi connectivity index (χ1n) is 10.2. The summed E-state index contributed by atoms with van der Waals surface area (Å²) < 4.78 is 20.8. The number of pyridine rings is 2. The fourth-order valence-corrected chi connectivity index (χ4v) is 4.19. The summed E-state index contributed by atoms with van der Waals surface area (Å²) in [6.07, 6.45) is 4.56. The van der Waals surface area contributed by atoms with E-state index in [1.165, 1.54) is 11.1 Å². The summed E-state index contributed by atoms with van der Waals surface area (Å²) in [5, 5.41) is 14.0. The number of halogens is 1. The van der Waals surface area contributed by atoms with Crippen LogP contribution in [0.2, 0.25) is 0 Å². The molecule has 8 nitrogen and oxygen atoms in total. The molecule has 4 N–H and O–H groups in total. The molecule has 160 valence electrons. The molecule has 1 aliphatic heterocycles. The molecule has 1 aromatic carbocycles. The normalized spacial score (nSPS) is 15.5. The van der Waals surface area contributed by atoms with Gasteiger partial charge < -0.3 is 20.9 Å². The Kier molecular flexibility index (Phi) is 4.53. The number of carbonyl (C=O) groups is 1. The van der Waals surface area contributed by atoms with Gasteiger partial charge in [0.2, 0.25) is 5.88 Å². The van der Waals surface area contributed by atoms with Crippen LogP contribution in [0.3, 0.4) is 0 Å². The van der Waals surface area contributed by atoms with Crippen molar-refractivity contribution < 1.29 is 19.0 Å². The van der Waals surface area contributed by atoms with Crippen molar-refractivity contribution in [3.63, 3.8) is 0 Å². The summed E-state index contributed by atoms with van der Waals surface area (Å²) in [7, 11) is 0. The molecule has 0 unspecified atom stereocenters. The van der Waals surface area contributed by atoms with Crippen molar-refractivity contribution in [1.82, 2.24) is 9.97 Å². The van der Waals surface area contributed by atoms with Crippen LogP contribution in [0.15, 0.2) is 24.5 Å². The number of aromatic nitrogens is 2. The van der Waals surface area contributed by atoms with Gasteiger partial charge in [-0.25, -0.2) is 19.2 Å². The Morgan fingerprint density at radius 1 is 1.29 bits per heavy atom. The van der Waals surface area contributed by atoms with Crippen molar-refractivity contribution in [2.24, 2.45) is 0 Å². The summed E-state index contributed by atoms with van der Waals surface area (Å²) in [5.41, 5.74) is 8.52. The van der Waals surface area contributed by atoms with Crippen LogP contribution in [-0.4, -0.2) is 40.4 Å². The average molecular weight is 423 g/mol. The van der Waals surface area contributed by atoms with Gasteiger partial charge in [0.15, 0.2) is 5.82 Å². The first-order chi connectivity index (χ1) is 15.0. The number of amides is 1. The molecule has 1 fully saturated rings. The number of hydrogen-bond acceptors (Lipinski definition) is 6. The van der Waals surface area contributed by atoms with E-state index in [4.69, 9.17) is 10.5 Å². The molecule has 2 aromatic heterocycles. The highest BCUT2D eigenvalue weighted by Crippen LogP contribution is 2.40. The van der Waals surface area contributed by atoms with Crippen molar-refractivity contribution in [3.8, 4) is 17.0 Å². The number of hydrogen-bond donors (Lipinski definition) is 3. The molecular weight excluding hydrogens is 401 g/mol. The molecule has 0 radical (unpaired) electrons. The second-order valence-electron chi connectivity index (χ2n) is 7.90. The van der Waals surface area contributed by atoms with Crippen molar-refractivity contribution >= 4 is 34.1 Å². The maximum atomic E-state index is 15.3. The fourth-order valence-electron chi connectivity index (χ4n) is 4.19. The topological polar surface area (TPSA) is 114 Å². The van der Waals surface area contributed by atoms with Crippen LogP contribution in [0.4, 0.5) is 26.4 Å². The van der Waals surface area contributed by atoms with Gasteiger partial charge in [-0.05, 0) is 49.3 Å². The van der Waals surface area contributed by atoms with Crippen LogP contribution in [0.1, 0.15) is 24.8 Å². The maximum Gasteiger partial charge on any atom is 0.413 e. The van der Waals surface area contributed by atoms with Gasteiger partial charge in [0.1, 0.15) is 18.1 Å². The molecule has 0 bridgehead atoms. The zero-order valence-corrected chi connectivity index (χ0v) is 17.0. The Hall–Kier alpha value is -3.62. The molecule has 9 heteroatoms. The van der Waals surface area contributed by atoms with Crippen LogP contribution >= 0.6 is 0 Å². The van der Waals surface area contributed by atoms with Crippen molar-refractivity contribution in [2.75, 3.05) is 29.1 Å². The van der Waals surface area contributed by atoms with E-state index in [0.717, 1.165) is 30.5 Å². The Morgan fingerprint density at radius 2 is 2.10 bits per heavy atom. The van der Waals surface area contributed by atoms with Gasteiger partial charge in [-0.15, -0.1) is 0 Å². The Labute approximate surface area is 177 Å². The van der Waals surface area contributed by atoms with Gasteiger partial charge in [0, 0.05) is 41.5 Å². The molecule has 0 saturated heterocycles. The average Bonchev–Trinajstić information content (AvgIpc) is 2.73. The quantitative estimate of drug-likeness (QED) is 0.542. The van der Waals surface area contributed by atoms with Crippen LogP contribution < -0.4 is 20.7 Å². The molecular formula is C22H22FN5O3. The summed E-state index contributed by atoms with van der Waals surface area (Å²) in [4.78, 5) is 21.7. The number of carboxylic acid groups (broad SMARTS) is 1. The Bertz CT molecular complexity index is 1210. The Morgan fingerprint density at radius 3 is 2.81 bits per heavy atom. The van der Waals surface area contributed by atoms with Crippen LogP contribution in [0.5, 0.6) is 5.88 Å². The van der Waals surface area contributed by atoms with Crippen LogP contribution in [-0.2, 0) is 0 Å². The summed E-state index contributed by atoms with van der Waals surface area (Å²) in [5.74, 6) is 0.250. The highest BCUT2D eigenvalue weighted by atomic mass is 19.1. The smallest absolute Gasteiger partial charge is 0.413 e.